The molecule has 1 aromatic rings. The van der Waals surface area contributed by atoms with Crippen molar-refractivity contribution in [2.45, 2.75) is 45.2 Å². The average Bonchev–Trinajstić information content (AvgIpc) is 3.04. The first-order valence-corrected chi connectivity index (χ1v) is 7.15. The van der Waals surface area contributed by atoms with E-state index in [-0.39, 0.29) is 11.9 Å². The van der Waals surface area contributed by atoms with Gasteiger partial charge in [-0.2, -0.15) is 0 Å². The van der Waals surface area contributed by atoms with Crippen LogP contribution in [0.2, 0.25) is 0 Å². The number of aromatic nitrogens is 3. The molecule has 0 bridgehead atoms. The zero-order chi connectivity index (χ0) is 13.4. The first kappa shape index (κ1) is 12.6. The van der Waals surface area contributed by atoms with E-state index in [4.69, 9.17) is 0 Å². The van der Waals surface area contributed by atoms with E-state index in [2.05, 4.69) is 34.3 Å². The minimum atomic E-state index is -0.0256. The number of nitrogens with zero attached hydrogens (tertiary/aromatic N) is 3. The fourth-order valence-corrected chi connectivity index (χ4v) is 3.37. The molecule has 2 fully saturated rings. The second-order valence-electron chi connectivity index (χ2n) is 5.64. The number of aryl methyl sites for hydroxylation is 1. The molecule has 0 aromatic carbocycles. The predicted octanol–water partition coefficient (Wildman–Crippen LogP) is 0.580. The highest BCUT2D eigenvalue weighted by atomic mass is 16.2. The molecule has 2 aliphatic rings. The van der Waals surface area contributed by atoms with Gasteiger partial charge in [-0.3, -0.25) is 9.89 Å². The monoisotopic (exact) mass is 263 g/mol. The standard InChI is InChI=1S/C13H21N5O/c1-3-4-11-15-12(17-16-11)13(19)18-8(2)5-9-6-14-7-10(9)18/h8-10,14H,3-7H2,1-2H3,(H,15,16,17). The lowest BCUT2D eigenvalue weighted by atomic mass is 10.0. The molecule has 3 atom stereocenters. The van der Waals surface area contributed by atoms with Crippen LogP contribution in [0.4, 0.5) is 0 Å². The summed E-state index contributed by atoms with van der Waals surface area (Å²) in [5, 5.41) is 10.3. The Hall–Kier alpha value is -1.43. The number of hydrogen-bond donors (Lipinski definition) is 2. The van der Waals surface area contributed by atoms with Gasteiger partial charge in [0.1, 0.15) is 5.82 Å². The van der Waals surface area contributed by atoms with Crippen LogP contribution < -0.4 is 5.32 Å². The molecule has 0 spiro atoms. The van der Waals surface area contributed by atoms with E-state index >= 15 is 0 Å². The Morgan fingerprint density at radius 1 is 1.47 bits per heavy atom. The Kier molecular flexibility index (Phi) is 3.26. The van der Waals surface area contributed by atoms with Crippen LogP contribution in [0.3, 0.4) is 0 Å². The average molecular weight is 263 g/mol. The maximum atomic E-state index is 12.6. The number of aromatic amines is 1. The summed E-state index contributed by atoms with van der Waals surface area (Å²) in [4.78, 5) is 18.9. The summed E-state index contributed by atoms with van der Waals surface area (Å²) < 4.78 is 0. The molecule has 3 heterocycles. The zero-order valence-electron chi connectivity index (χ0n) is 11.5. The first-order chi connectivity index (χ1) is 9.20. The van der Waals surface area contributed by atoms with Crippen LogP contribution in [0.1, 0.15) is 43.1 Å². The molecule has 1 aromatic heterocycles. The van der Waals surface area contributed by atoms with Gasteiger partial charge in [0.25, 0.3) is 5.91 Å². The van der Waals surface area contributed by atoms with Gasteiger partial charge in [-0.25, -0.2) is 4.98 Å². The summed E-state index contributed by atoms with van der Waals surface area (Å²) in [7, 11) is 0. The van der Waals surface area contributed by atoms with E-state index in [1.165, 1.54) is 0 Å². The van der Waals surface area contributed by atoms with Crippen LogP contribution in [0.15, 0.2) is 0 Å². The van der Waals surface area contributed by atoms with Crippen molar-refractivity contribution in [3.05, 3.63) is 11.6 Å². The van der Waals surface area contributed by atoms with Gasteiger partial charge in [-0.1, -0.05) is 6.92 Å². The summed E-state index contributed by atoms with van der Waals surface area (Å²) in [5.74, 6) is 1.69. The first-order valence-electron chi connectivity index (χ1n) is 7.15. The smallest absolute Gasteiger partial charge is 0.294 e. The quantitative estimate of drug-likeness (QED) is 0.836. The molecule has 0 aliphatic carbocycles. The number of fused-ring (bicyclic) bond motifs is 1. The van der Waals surface area contributed by atoms with Gasteiger partial charge in [0.15, 0.2) is 0 Å². The van der Waals surface area contributed by atoms with Gasteiger partial charge >= 0.3 is 0 Å². The minimum Gasteiger partial charge on any atom is -0.329 e. The van der Waals surface area contributed by atoms with Crippen LogP contribution in [0.5, 0.6) is 0 Å². The molecule has 104 valence electrons. The lowest BCUT2D eigenvalue weighted by Crippen LogP contribution is -2.43. The van der Waals surface area contributed by atoms with Crippen molar-refractivity contribution in [2.75, 3.05) is 13.1 Å². The fraction of sp³-hybridized carbons (Fsp3) is 0.769. The van der Waals surface area contributed by atoms with Gasteiger partial charge in [0.05, 0.1) is 0 Å². The highest BCUT2D eigenvalue weighted by Crippen LogP contribution is 2.32. The molecule has 1 amide bonds. The Morgan fingerprint density at radius 3 is 3.11 bits per heavy atom. The molecule has 6 nitrogen and oxygen atoms in total. The maximum absolute atomic E-state index is 12.6. The predicted molar refractivity (Wildman–Crippen MR) is 70.8 cm³/mol. The number of hydrogen-bond acceptors (Lipinski definition) is 4. The third-order valence-electron chi connectivity index (χ3n) is 4.22. The molecule has 2 aliphatic heterocycles. The summed E-state index contributed by atoms with van der Waals surface area (Å²) >= 11 is 0. The maximum Gasteiger partial charge on any atom is 0.294 e. The van der Waals surface area contributed by atoms with E-state index in [0.29, 0.717) is 17.8 Å². The third-order valence-corrected chi connectivity index (χ3v) is 4.22. The lowest BCUT2D eigenvalue weighted by molar-refractivity contribution is 0.0670. The number of rotatable bonds is 3. The van der Waals surface area contributed by atoms with Crippen molar-refractivity contribution in [2.24, 2.45) is 5.92 Å². The van der Waals surface area contributed by atoms with E-state index in [1.807, 2.05) is 4.90 Å². The second kappa shape index (κ2) is 4.92. The van der Waals surface area contributed by atoms with Gasteiger partial charge in [0.2, 0.25) is 5.82 Å². The summed E-state index contributed by atoms with van der Waals surface area (Å²) in [6.45, 7) is 6.12. The molecule has 3 unspecified atom stereocenters. The number of likely N-dealkylation sites (tertiary alicyclic amines) is 1. The molecular formula is C13H21N5O. The number of H-pyrrole nitrogens is 1. The number of amides is 1. The molecule has 2 saturated heterocycles. The number of carbonyl (C=O) groups excluding carboxylic acids is 1. The number of nitrogens with one attached hydrogen (secondary N) is 2. The molecule has 6 heteroatoms. The van der Waals surface area contributed by atoms with Crippen LogP contribution in [0.25, 0.3) is 0 Å². The molecule has 2 N–H and O–H groups in total. The molecule has 0 radical (unpaired) electrons. The topological polar surface area (TPSA) is 73.9 Å². The van der Waals surface area contributed by atoms with Crippen LogP contribution >= 0.6 is 0 Å². The Bertz CT molecular complexity index is 471. The SMILES string of the molecule is CCCc1nc(C(=O)N2C(C)CC3CNCC32)n[nH]1. The van der Waals surface area contributed by atoms with Crippen molar-refractivity contribution < 1.29 is 4.79 Å². The summed E-state index contributed by atoms with van der Waals surface area (Å²) in [5.41, 5.74) is 0. The highest BCUT2D eigenvalue weighted by molar-refractivity contribution is 5.91. The van der Waals surface area contributed by atoms with E-state index in [0.717, 1.165) is 38.2 Å². The zero-order valence-corrected chi connectivity index (χ0v) is 11.5. The van der Waals surface area contributed by atoms with E-state index in [1.54, 1.807) is 0 Å². The van der Waals surface area contributed by atoms with Crippen molar-refractivity contribution in [3.8, 4) is 0 Å². The summed E-state index contributed by atoms with van der Waals surface area (Å²) in [6.07, 6.45) is 2.91. The van der Waals surface area contributed by atoms with Gasteiger partial charge in [0, 0.05) is 31.6 Å². The molecule has 0 saturated carbocycles. The van der Waals surface area contributed by atoms with Crippen molar-refractivity contribution in [1.82, 2.24) is 25.4 Å². The van der Waals surface area contributed by atoms with Gasteiger partial charge in [-0.15, -0.1) is 5.10 Å². The van der Waals surface area contributed by atoms with Gasteiger partial charge < -0.3 is 10.2 Å². The van der Waals surface area contributed by atoms with Crippen molar-refractivity contribution in [3.63, 3.8) is 0 Å². The molecule has 19 heavy (non-hydrogen) atoms. The van der Waals surface area contributed by atoms with Crippen molar-refractivity contribution >= 4 is 5.91 Å². The van der Waals surface area contributed by atoms with E-state index in [9.17, 15) is 4.79 Å². The van der Waals surface area contributed by atoms with Crippen LogP contribution in [0, 0.1) is 5.92 Å². The van der Waals surface area contributed by atoms with Crippen LogP contribution in [-0.2, 0) is 6.42 Å². The van der Waals surface area contributed by atoms with Crippen LogP contribution in [-0.4, -0.2) is 51.2 Å². The highest BCUT2D eigenvalue weighted by Gasteiger charge is 2.45. The molecule has 3 rings (SSSR count). The van der Waals surface area contributed by atoms with Crippen molar-refractivity contribution in [1.29, 1.82) is 0 Å². The second-order valence-corrected chi connectivity index (χ2v) is 5.64. The lowest BCUT2D eigenvalue weighted by Gasteiger charge is -2.26. The third kappa shape index (κ3) is 2.14. The Balaban J connectivity index is 1.78. The molecular weight excluding hydrogens is 242 g/mol. The fourth-order valence-electron chi connectivity index (χ4n) is 3.37. The van der Waals surface area contributed by atoms with E-state index < -0.39 is 0 Å². The normalized spacial score (nSPS) is 29.8. The minimum absolute atomic E-state index is 0.0256. The van der Waals surface area contributed by atoms with Gasteiger partial charge in [-0.05, 0) is 25.7 Å². The largest absolute Gasteiger partial charge is 0.329 e. The Morgan fingerprint density at radius 2 is 2.32 bits per heavy atom. The summed E-state index contributed by atoms with van der Waals surface area (Å²) in [6, 6.07) is 0.605. The Labute approximate surface area is 113 Å². The number of carbonyl (C=O) groups is 1.